The molecular weight excluding hydrogens is 276 g/mol. The largest absolute Gasteiger partial charge is 0.465 e. The smallest absolute Gasteiger partial charge is 0.345 e. The molecule has 1 aliphatic carbocycles. The highest BCUT2D eigenvalue weighted by molar-refractivity contribution is 7.99. The molecule has 110 valence electrons. The maximum atomic E-state index is 12.4. The van der Waals surface area contributed by atoms with Crippen molar-refractivity contribution in [2.45, 2.75) is 44.3 Å². The Morgan fingerprint density at radius 3 is 2.75 bits per heavy atom. The zero-order valence-electron chi connectivity index (χ0n) is 12.1. The molecule has 0 aromatic carbocycles. The highest BCUT2D eigenvalue weighted by Gasteiger charge is 2.21. The predicted octanol–water partition coefficient (Wildman–Crippen LogP) is 2.50. The van der Waals surface area contributed by atoms with Crippen molar-refractivity contribution in [2.75, 3.05) is 12.9 Å². The fourth-order valence-electron chi connectivity index (χ4n) is 2.12. The zero-order chi connectivity index (χ0) is 14.7. The van der Waals surface area contributed by atoms with E-state index in [9.17, 15) is 9.59 Å². The molecule has 0 spiro atoms. The van der Waals surface area contributed by atoms with Gasteiger partial charge in [0.2, 0.25) is 0 Å². The van der Waals surface area contributed by atoms with Crippen molar-refractivity contribution in [3.8, 4) is 0 Å². The molecule has 1 aliphatic rings. The van der Waals surface area contributed by atoms with Crippen molar-refractivity contribution in [3.05, 3.63) is 22.1 Å². The van der Waals surface area contributed by atoms with Crippen LogP contribution in [0.15, 0.2) is 16.1 Å². The van der Waals surface area contributed by atoms with Crippen molar-refractivity contribution in [3.63, 3.8) is 0 Å². The molecule has 1 saturated carbocycles. The number of hydrogen-bond donors (Lipinski definition) is 0. The number of carbonyl (C=O) groups excluding carboxylic acids is 1. The molecule has 0 radical (unpaired) electrons. The Bertz CT molecular complexity index is 550. The van der Waals surface area contributed by atoms with Gasteiger partial charge >= 0.3 is 5.97 Å². The monoisotopic (exact) mass is 296 g/mol. The summed E-state index contributed by atoms with van der Waals surface area (Å²) in [6.45, 7) is 3.83. The molecule has 1 aromatic rings. The highest BCUT2D eigenvalue weighted by atomic mass is 32.2. The van der Waals surface area contributed by atoms with E-state index in [-0.39, 0.29) is 17.2 Å². The molecule has 0 aliphatic heterocycles. The normalized spacial score (nSPS) is 15.2. The number of rotatable bonds is 5. The number of thioether (sulfide) groups is 1. The van der Waals surface area contributed by atoms with E-state index in [1.807, 2.05) is 13.8 Å². The molecule has 5 nitrogen and oxygen atoms in total. The minimum Gasteiger partial charge on any atom is -0.465 e. The first-order valence-electron chi connectivity index (χ1n) is 6.87. The maximum absolute atomic E-state index is 12.4. The molecule has 0 N–H and O–H groups in total. The van der Waals surface area contributed by atoms with E-state index in [2.05, 4.69) is 9.72 Å². The summed E-state index contributed by atoms with van der Waals surface area (Å²) in [5.41, 5.74) is -0.327. The van der Waals surface area contributed by atoms with Gasteiger partial charge in [0.05, 0.1) is 13.3 Å². The van der Waals surface area contributed by atoms with Gasteiger partial charge in [0.15, 0.2) is 5.16 Å². The standard InChI is InChI=1S/C14H20N2O3S/c1-9(2)16-12(17)11(13(18)19-3)7-15-14(16)20-8-10-5-4-6-10/h7,9-10H,4-6,8H2,1-3H3. The van der Waals surface area contributed by atoms with Gasteiger partial charge in [-0.05, 0) is 32.6 Å². The summed E-state index contributed by atoms with van der Waals surface area (Å²) in [6.07, 6.45) is 5.16. The first-order valence-corrected chi connectivity index (χ1v) is 7.85. The number of ether oxygens (including phenoxy) is 1. The van der Waals surface area contributed by atoms with E-state index >= 15 is 0 Å². The predicted molar refractivity (Wildman–Crippen MR) is 78.3 cm³/mol. The van der Waals surface area contributed by atoms with Crippen LogP contribution in [-0.4, -0.2) is 28.4 Å². The Balaban J connectivity index is 2.29. The molecule has 1 aromatic heterocycles. The molecule has 0 atom stereocenters. The van der Waals surface area contributed by atoms with E-state index in [1.54, 1.807) is 16.3 Å². The average molecular weight is 296 g/mol. The number of methoxy groups -OCH3 is 1. The summed E-state index contributed by atoms with van der Waals surface area (Å²) < 4.78 is 6.20. The van der Waals surface area contributed by atoms with Crippen LogP contribution in [0.5, 0.6) is 0 Å². The molecule has 1 fully saturated rings. The summed E-state index contributed by atoms with van der Waals surface area (Å²) in [7, 11) is 1.26. The molecular formula is C14H20N2O3S. The summed E-state index contributed by atoms with van der Waals surface area (Å²) in [5.74, 6) is 1.08. The van der Waals surface area contributed by atoms with Gasteiger partial charge in [0.1, 0.15) is 5.56 Å². The summed E-state index contributed by atoms with van der Waals surface area (Å²) in [6, 6.07) is -0.0384. The minimum atomic E-state index is -0.632. The number of hydrogen-bond acceptors (Lipinski definition) is 5. The van der Waals surface area contributed by atoms with E-state index < -0.39 is 5.97 Å². The lowest BCUT2D eigenvalue weighted by Crippen LogP contribution is -2.30. The number of esters is 1. The van der Waals surface area contributed by atoms with Crippen LogP contribution >= 0.6 is 11.8 Å². The second kappa shape index (κ2) is 6.43. The van der Waals surface area contributed by atoms with Gasteiger partial charge < -0.3 is 4.74 Å². The average Bonchev–Trinajstić information content (AvgIpc) is 2.35. The fraction of sp³-hybridized carbons (Fsp3) is 0.643. The highest BCUT2D eigenvalue weighted by Crippen LogP contribution is 2.32. The Hall–Kier alpha value is -1.30. The Labute approximate surface area is 122 Å². The molecule has 1 heterocycles. The van der Waals surface area contributed by atoms with Gasteiger partial charge in [0.25, 0.3) is 5.56 Å². The van der Waals surface area contributed by atoms with Gasteiger partial charge in [0, 0.05) is 11.8 Å². The molecule has 0 saturated heterocycles. The topological polar surface area (TPSA) is 61.2 Å². The van der Waals surface area contributed by atoms with Crippen LogP contribution < -0.4 is 5.56 Å². The van der Waals surface area contributed by atoms with E-state index in [0.717, 1.165) is 11.7 Å². The van der Waals surface area contributed by atoms with Crippen LogP contribution in [0.1, 0.15) is 49.5 Å². The first kappa shape index (κ1) is 15.1. The number of nitrogens with zero attached hydrogens (tertiary/aromatic N) is 2. The first-order chi connectivity index (χ1) is 9.54. The van der Waals surface area contributed by atoms with E-state index in [4.69, 9.17) is 0 Å². The van der Waals surface area contributed by atoms with Gasteiger partial charge in [-0.25, -0.2) is 9.78 Å². The Morgan fingerprint density at radius 1 is 1.55 bits per heavy atom. The van der Waals surface area contributed by atoms with Crippen molar-refractivity contribution in [2.24, 2.45) is 5.92 Å². The molecule has 0 unspecified atom stereocenters. The van der Waals surface area contributed by atoms with Crippen LogP contribution in [0.25, 0.3) is 0 Å². The van der Waals surface area contributed by atoms with Gasteiger partial charge in [-0.3, -0.25) is 9.36 Å². The van der Waals surface area contributed by atoms with Crippen molar-refractivity contribution in [1.82, 2.24) is 9.55 Å². The second-order valence-electron chi connectivity index (χ2n) is 5.32. The van der Waals surface area contributed by atoms with Crippen LogP contribution in [-0.2, 0) is 4.74 Å². The third kappa shape index (κ3) is 3.06. The SMILES string of the molecule is COC(=O)c1cnc(SCC2CCC2)n(C(C)C)c1=O. The quantitative estimate of drug-likeness (QED) is 0.474. The van der Waals surface area contributed by atoms with Crippen LogP contribution in [0.4, 0.5) is 0 Å². The molecule has 2 rings (SSSR count). The number of aromatic nitrogens is 2. The maximum Gasteiger partial charge on any atom is 0.345 e. The van der Waals surface area contributed by atoms with Gasteiger partial charge in [-0.15, -0.1) is 0 Å². The zero-order valence-corrected chi connectivity index (χ0v) is 12.9. The molecule has 6 heteroatoms. The fourth-order valence-corrected chi connectivity index (χ4v) is 3.40. The van der Waals surface area contributed by atoms with Crippen LogP contribution in [0, 0.1) is 5.92 Å². The van der Waals surface area contributed by atoms with Crippen molar-refractivity contribution in [1.29, 1.82) is 0 Å². The molecule has 0 amide bonds. The number of carbonyl (C=O) groups is 1. The lowest BCUT2D eigenvalue weighted by Gasteiger charge is -2.25. The van der Waals surface area contributed by atoms with E-state index in [0.29, 0.717) is 5.16 Å². The van der Waals surface area contributed by atoms with Crippen LogP contribution in [0.2, 0.25) is 0 Å². The summed E-state index contributed by atoms with van der Waals surface area (Å²) in [4.78, 5) is 28.2. The van der Waals surface area contributed by atoms with Crippen molar-refractivity contribution < 1.29 is 9.53 Å². The molecule has 0 bridgehead atoms. The van der Waals surface area contributed by atoms with Gasteiger partial charge in [-0.1, -0.05) is 18.2 Å². The summed E-state index contributed by atoms with van der Waals surface area (Å²) in [5, 5.41) is 0.685. The van der Waals surface area contributed by atoms with Gasteiger partial charge in [-0.2, -0.15) is 0 Å². The molecule has 20 heavy (non-hydrogen) atoms. The third-order valence-electron chi connectivity index (χ3n) is 3.55. The Kier molecular flexibility index (Phi) is 4.86. The Morgan fingerprint density at radius 2 is 2.25 bits per heavy atom. The van der Waals surface area contributed by atoms with E-state index in [1.165, 1.54) is 32.6 Å². The third-order valence-corrected chi connectivity index (χ3v) is 4.75. The lowest BCUT2D eigenvalue weighted by molar-refractivity contribution is 0.0596. The summed E-state index contributed by atoms with van der Waals surface area (Å²) >= 11 is 1.60. The second-order valence-corrected chi connectivity index (χ2v) is 6.31. The van der Waals surface area contributed by atoms with Crippen LogP contribution in [0.3, 0.4) is 0 Å². The van der Waals surface area contributed by atoms with Crippen molar-refractivity contribution >= 4 is 17.7 Å². The minimum absolute atomic E-state index is 0.00538. The lowest BCUT2D eigenvalue weighted by atomic mass is 9.87.